The number of nitrogens with zero attached hydrogens (tertiary/aromatic N) is 1. The number of nitrogens with one attached hydrogen (secondary N) is 1. The fraction of sp³-hybridized carbons (Fsp3) is 0.909. The van der Waals surface area contributed by atoms with Gasteiger partial charge in [0.1, 0.15) is 0 Å². The Morgan fingerprint density at radius 2 is 2.13 bits per heavy atom. The third kappa shape index (κ3) is 3.18. The van der Waals surface area contributed by atoms with E-state index in [-0.39, 0.29) is 5.91 Å². The minimum atomic E-state index is 0.152. The standard InChI is InChI=1S/C11H21N3O/c1-14(10(6-12)8-2-3-8)7-11(15)13-9-4-5-9/h8-10H,2-7,12H2,1H3,(H,13,15). The average molecular weight is 211 g/mol. The van der Waals surface area contributed by atoms with Gasteiger partial charge in [-0.3, -0.25) is 9.69 Å². The zero-order valence-corrected chi connectivity index (χ0v) is 9.41. The van der Waals surface area contributed by atoms with Crippen LogP contribution in [0.1, 0.15) is 25.7 Å². The number of nitrogens with two attached hydrogens (primary N) is 1. The first-order chi connectivity index (χ1) is 7.20. The summed E-state index contributed by atoms with van der Waals surface area (Å²) in [6.45, 7) is 1.16. The van der Waals surface area contributed by atoms with Crippen LogP contribution in [-0.2, 0) is 4.79 Å². The van der Waals surface area contributed by atoms with E-state index in [1.54, 1.807) is 0 Å². The normalized spacial score (nSPS) is 22.9. The summed E-state index contributed by atoms with van der Waals surface area (Å²) in [5.41, 5.74) is 5.73. The summed E-state index contributed by atoms with van der Waals surface area (Å²) in [6.07, 6.45) is 4.85. The largest absolute Gasteiger partial charge is 0.352 e. The fourth-order valence-corrected chi connectivity index (χ4v) is 2.06. The lowest BCUT2D eigenvalue weighted by Crippen LogP contribution is -2.45. The number of hydrogen-bond acceptors (Lipinski definition) is 3. The van der Waals surface area contributed by atoms with E-state index in [9.17, 15) is 4.79 Å². The lowest BCUT2D eigenvalue weighted by Gasteiger charge is -2.26. The molecule has 2 fully saturated rings. The molecule has 2 aliphatic carbocycles. The molecule has 0 spiro atoms. The van der Waals surface area contributed by atoms with Crippen molar-refractivity contribution < 1.29 is 4.79 Å². The summed E-state index contributed by atoms with van der Waals surface area (Å²) >= 11 is 0. The zero-order valence-electron chi connectivity index (χ0n) is 9.41. The highest BCUT2D eigenvalue weighted by Crippen LogP contribution is 2.34. The van der Waals surface area contributed by atoms with Gasteiger partial charge in [-0.25, -0.2) is 0 Å². The van der Waals surface area contributed by atoms with Crippen LogP contribution < -0.4 is 11.1 Å². The van der Waals surface area contributed by atoms with Gasteiger partial charge in [-0.2, -0.15) is 0 Å². The van der Waals surface area contributed by atoms with Crippen LogP contribution in [0, 0.1) is 5.92 Å². The Kier molecular flexibility index (Phi) is 3.26. The van der Waals surface area contributed by atoms with Crippen LogP contribution in [0.25, 0.3) is 0 Å². The first-order valence-corrected chi connectivity index (χ1v) is 5.90. The van der Waals surface area contributed by atoms with Crippen molar-refractivity contribution in [3.8, 4) is 0 Å². The van der Waals surface area contributed by atoms with E-state index in [1.807, 2.05) is 7.05 Å². The van der Waals surface area contributed by atoms with Crippen molar-refractivity contribution in [2.45, 2.75) is 37.8 Å². The molecule has 0 bridgehead atoms. The van der Waals surface area contributed by atoms with Crippen molar-refractivity contribution in [3.63, 3.8) is 0 Å². The highest BCUT2D eigenvalue weighted by atomic mass is 16.2. The summed E-state index contributed by atoms with van der Waals surface area (Å²) in [4.78, 5) is 13.7. The molecule has 15 heavy (non-hydrogen) atoms. The second-order valence-corrected chi connectivity index (χ2v) is 4.90. The molecule has 0 aliphatic heterocycles. The molecule has 2 rings (SSSR count). The zero-order chi connectivity index (χ0) is 10.8. The Morgan fingerprint density at radius 1 is 1.47 bits per heavy atom. The van der Waals surface area contributed by atoms with Gasteiger partial charge in [-0.15, -0.1) is 0 Å². The number of likely N-dealkylation sites (N-methyl/N-ethyl adjacent to an activating group) is 1. The summed E-state index contributed by atoms with van der Waals surface area (Å²) in [6, 6.07) is 0.859. The number of carbonyl (C=O) groups is 1. The van der Waals surface area contributed by atoms with Crippen molar-refractivity contribution >= 4 is 5.91 Å². The molecule has 0 aromatic heterocycles. The van der Waals surface area contributed by atoms with Crippen molar-refractivity contribution in [1.82, 2.24) is 10.2 Å². The minimum Gasteiger partial charge on any atom is -0.352 e. The van der Waals surface area contributed by atoms with Crippen molar-refractivity contribution in [2.24, 2.45) is 11.7 Å². The van der Waals surface area contributed by atoms with E-state index in [4.69, 9.17) is 5.73 Å². The van der Waals surface area contributed by atoms with Gasteiger partial charge >= 0.3 is 0 Å². The van der Waals surface area contributed by atoms with Gasteiger partial charge < -0.3 is 11.1 Å². The van der Waals surface area contributed by atoms with Crippen LogP contribution in [0.2, 0.25) is 0 Å². The molecule has 1 unspecified atom stereocenters. The molecule has 2 saturated carbocycles. The molecule has 4 heteroatoms. The van der Waals surface area contributed by atoms with Crippen molar-refractivity contribution in [3.05, 3.63) is 0 Å². The molecule has 0 aromatic rings. The van der Waals surface area contributed by atoms with Gasteiger partial charge in [0.05, 0.1) is 6.54 Å². The third-order valence-electron chi connectivity index (χ3n) is 3.31. The molecule has 0 aromatic carbocycles. The van der Waals surface area contributed by atoms with Gasteiger partial charge in [0.15, 0.2) is 0 Å². The lowest BCUT2D eigenvalue weighted by atomic mass is 10.1. The average Bonchev–Trinajstić information content (AvgIpc) is 2.96. The Bertz CT molecular complexity index is 236. The first-order valence-electron chi connectivity index (χ1n) is 5.90. The van der Waals surface area contributed by atoms with Crippen molar-refractivity contribution in [2.75, 3.05) is 20.1 Å². The maximum Gasteiger partial charge on any atom is 0.234 e. The third-order valence-corrected chi connectivity index (χ3v) is 3.31. The summed E-state index contributed by atoms with van der Waals surface area (Å²) in [7, 11) is 2.00. The molecule has 4 nitrogen and oxygen atoms in total. The SMILES string of the molecule is CN(CC(=O)NC1CC1)C(CN)C1CC1. The van der Waals surface area contributed by atoms with Crippen LogP contribution in [0.15, 0.2) is 0 Å². The number of hydrogen-bond donors (Lipinski definition) is 2. The van der Waals surface area contributed by atoms with E-state index in [0.717, 1.165) is 18.8 Å². The number of rotatable bonds is 6. The van der Waals surface area contributed by atoms with E-state index in [2.05, 4.69) is 10.2 Å². The van der Waals surface area contributed by atoms with E-state index >= 15 is 0 Å². The monoisotopic (exact) mass is 211 g/mol. The highest BCUT2D eigenvalue weighted by Gasteiger charge is 2.33. The predicted molar refractivity (Wildman–Crippen MR) is 59.4 cm³/mol. The Hall–Kier alpha value is -0.610. The lowest BCUT2D eigenvalue weighted by molar-refractivity contribution is -0.122. The van der Waals surface area contributed by atoms with Gasteiger partial charge in [0.25, 0.3) is 0 Å². The van der Waals surface area contributed by atoms with Gasteiger partial charge in [-0.05, 0) is 38.6 Å². The van der Waals surface area contributed by atoms with Gasteiger partial charge in [0, 0.05) is 18.6 Å². The smallest absolute Gasteiger partial charge is 0.234 e. The van der Waals surface area contributed by atoms with Crippen LogP contribution in [-0.4, -0.2) is 43.0 Å². The Balaban J connectivity index is 1.73. The van der Waals surface area contributed by atoms with E-state index in [1.165, 1.54) is 12.8 Å². The topological polar surface area (TPSA) is 58.4 Å². The van der Waals surface area contributed by atoms with Crippen LogP contribution in [0.5, 0.6) is 0 Å². The van der Waals surface area contributed by atoms with Crippen LogP contribution in [0.3, 0.4) is 0 Å². The van der Waals surface area contributed by atoms with E-state index < -0.39 is 0 Å². The Labute approximate surface area is 91.2 Å². The maximum atomic E-state index is 11.6. The van der Waals surface area contributed by atoms with Crippen LogP contribution >= 0.6 is 0 Å². The van der Waals surface area contributed by atoms with Gasteiger partial charge in [0.2, 0.25) is 5.91 Å². The van der Waals surface area contributed by atoms with E-state index in [0.29, 0.717) is 25.2 Å². The number of amides is 1. The minimum absolute atomic E-state index is 0.152. The molecular weight excluding hydrogens is 190 g/mol. The fourth-order valence-electron chi connectivity index (χ4n) is 2.06. The molecule has 1 atom stereocenters. The molecule has 0 radical (unpaired) electrons. The number of carbonyl (C=O) groups excluding carboxylic acids is 1. The molecular formula is C11H21N3O. The predicted octanol–water partition coefficient (Wildman–Crippen LogP) is -0.0659. The molecule has 3 N–H and O–H groups in total. The summed E-state index contributed by atoms with van der Waals surface area (Å²) < 4.78 is 0. The molecule has 0 heterocycles. The van der Waals surface area contributed by atoms with Crippen molar-refractivity contribution in [1.29, 1.82) is 0 Å². The van der Waals surface area contributed by atoms with Gasteiger partial charge in [-0.1, -0.05) is 0 Å². The molecule has 0 saturated heterocycles. The highest BCUT2D eigenvalue weighted by molar-refractivity contribution is 5.78. The molecule has 1 amide bonds. The quantitative estimate of drug-likeness (QED) is 0.647. The first kappa shape index (κ1) is 10.9. The summed E-state index contributed by atoms with van der Waals surface area (Å²) in [5, 5.41) is 3.00. The van der Waals surface area contributed by atoms with Crippen LogP contribution in [0.4, 0.5) is 0 Å². The summed E-state index contributed by atoms with van der Waals surface area (Å²) in [5.74, 6) is 0.882. The second-order valence-electron chi connectivity index (χ2n) is 4.90. The molecule has 2 aliphatic rings. The second kappa shape index (κ2) is 4.49. The molecule has 86 valence electrons. The maximum absolute atomic E-state index is 11.6. The Morgan fingerprint density at radius 3 is 2.60 bits per heavy atom.